The second-order valence-electron chi connectivity index (χ2n) is 5.91. The Morgan fingerprint density at radius 3 is 2.55 bits per heavy atom. The summed E-state index contributed by atoms with van der Waals surface area (Å²) in [5.41, 5.74) is 0. The first-order valence-electron chi connectivity index (χ1n) is 7.09. The van der Waals surface area contributed by atoms with E-state index in [2.05, 4.69) is 10.2 Å². The Labute approximate surface area is 116 Å². The van der Waals surface area contributed by atoms with Gasteiger partial charge in [-0.3, -0.25) is 9.69 Å². The van der Waals surface area contributed by atoms with Gasteiger partial charge in [0.2, 0.25) is 0 Å². The van der Waals surface area contributed by atoms with Gasteiger partial charge in [0.25, 0.3) is 0 Å². The number of alkyl halides is 3. The number of carboxylic acid groups (broad SMARTS) is 1. The fourth-order valence-corrected chi connectivity index (χ4v) is 2.92. The molecule has 0 aromatic rings. The SMILES string of the molecule is O=C(O)CCC1CC(NCC(F)(F)F)CN(C2CC2)C1. The molecule has 2 fully saturated rings. The maximum atomic E-state index is 12.3. The number of nitrogens with one attached hydrogen (secondary N) is 1. The Hall–Kier alpha value is -0.820. The molecule has 0 radical (unpaired) electrons. The van der Waals surface area contributed by atoms with Gasteiger partial charge in [0.15, 0.2) is 0 Å². The van der Waals surface area contributed by atoms with Crippen LogP contribution in [0.15, 0.2) is 0 Å². The number of carbonyl (C=O) groups is 1. The highest BCUT2D eigenvalue weighted by Crippen LogP contribution is 2.32. The fourth-order valence-electron chi connectivity index (χ4n) is 2.92. The van der Waals surface area contributed by atoms with Gasteiger partial charge in [-0.15, -0.1) is 0 Å². The topological polar surface area (TPSA) is 52.6 Å². The second kappa shape index (κ2) is 6.30. The van der Waals surface area contributed by atoms with Crippen LogP contribution in [0.25, 0.3) is 0 Å². The van der Waals surface area contributed by atoms with Crippen molar-refractivity contribution in [3.63, 3.8) is 0 Å². The van der Waals surface area contributed by atoms with Gasteiger partial charge in [0.05, 0.1) is 6.54 Å². The van der Waals surface area contributed by atoms with E-state index >= 15 is 0 Å². The van der Waals surface area contributed by atoms with Crippen LogP contribution in [0, 0.1) is 5.92 Å². The first-order chi connectivity index (χ1) is 9.33. The van der Waals surface area contributed by atoms with E-state index in [4.69, 9.17) is 5.11 Å². The van der Waals surface area contributed by atoms with Crippen molar-refractivity contribution in [2.45, 2.75) is 50.4 Å². The lowest BCUT2D eigenvalue weighted by atomic mass is 9.90. The Kier molecular flexibility index (Phi) is 4.90. The van der Waals surface area contributed by atoms with Crippen LogP contribution in [0.3, 0.4) is 0 Å². The van der Waals surface area contributed by atoms with E-state index in [0.29, 0.717) is 25.4 Å². The van der Waals surface area contributed by atoms with Crippen molar-refractivity contribution in [2.75, 3.05) is 19.6 Å². The summed E-state index contributed by atoms with van der Waals surface area (Å²) < 4.78 is 36.8. The second-order valence-corrected chi connectivity index (χ2v) is 5.91. The summed E-state index contributed by atoms with van der Waals surface area (Å²) in [6.45, 7) is 0.494. The third-order valence-electron chi connectivity index (χ3n) is 3.99. The van der Waals surface area contributed by atoms with Crippen LogP contribution in [0.5, 0.6) is 0 Å². The summed E-state index contributed by atoms with van der Waals surface area (Å²) in [6, 6.07) is 0.308. The summed E-state index contributed by atoms with van der Waals surface area (Å²) in [5, 5.41) is 11.3. The van der Waals surface area contributed by atoms with Crippen molar-refractivity contribution >= 4 is 5.97 Å². The zero-order valence-electron chi connectivity index (χ0n) is 11.3. The van der Waals surface area contributed by atoms with Crippen LogP contribution >= 0.6 is 0 Å². The molecule has 7 heteroatoms. The minimum absolute atomic E-state index is 0.0924. The lowest BCUT2D eigenvalue weighted by Gasteiger charge is -2.38. The molecule has 4 nitrogen and oxygen atoms in total. The average Bonchev–Trinajstić information content (AvgIpc) is 3.17. The lowest BCUT2D eigenvalue weighted by molar-refractivity contribution is -0.137. The number of aliphatic carboxylic acids is 1. The molecule has 0 aromatic heterocycles. The molecule has 1 aliphatic heterocycles. The van der Waals surface area contributed by atoms with Crippen molar-refractivity contribution in [3.8, 4) is 0 Å². The van der Waals surface area contributed by atoms with Crippen LogP contribution < -0.4 is 5.32 Å². The predicted octanol–water partition coefficient (Wildman–Crippen LogP) is 1.86. The smallest absolute Gasteiger partial charge is 0.401 e. The molecular formula is C13H21F3N2O2. The van der Waals surface area contributed by atoms with Crippen molar-refractivity contribution in [1.29, 1.82) is 0 Å². The molecule has 2 rings (SSSR count). The summed E-state index contributed by atoms with van der Waals surface area (Å²) >= 11 is 0. The van der Waals surface area contributed by atoms with Crippen molar-refractivity contribution in [3.05, 3.63) is 0 Å². The van der Waals surface area contributed by atoms with Crippen LogP contribution in [0.1, 0.15) is 32.1 Å². The summed E-state index contributed by atoms with van der Waals surface area (Å²) in [6.07, 6.45) is -0.710. The standard InChI is InChI=1S/C13H21F3N2O2/c14-13(15,16)8-17-10-5-9(1-4-12(19)20)6-18(7-10)11-2-3-11/h9-11,17H,1-8H2,(H,19,20). The molecule has 0 spiro atoms. The first-order valence-corrected chi connectivity index (χ1v) is 7.09. The number of piperidine rings is 1. The molecule has 2 N–H and O–H groups in total. The van der Waals surface area contributed by atoms with Crippen molar-refractivity contribution in [2.24, 2.45) is 5.92 Å². The van der Waals surface area contributed by atoms with E-state index in [0.717, 1.165) is 19.4 Å². The molecule has 2 unspecified atom stereocenters. The highest BCUT2D eigenvalue weighted by Gasteiger charge is 2.37. The normalized spacial score (nSPS) is 28.6. The molecule has 20 heavy (non-hydrogen) atoms. The zero-order valence-corrected chi connectivity index (χ0v) is 11.3. The number of rotatable bonds is 6. The molecule has 2 atom stereocenters. The molecule has 1 heterocycles. The Morgan fingerprint density at radius 1 is 1.30 bits per heavy atom. The number of hydrogen-bond donors (Lipinski definition) is 2. The minimum atomic E-state index is -4.20. The maximum absolute atomic E-state index is 12.3. The zero-order chi connectivity index (χ0) is 14.8. The van der Waals surface area contributed by atoms with E-state index in [1.54, 1.807) is 0 Å². The third-order valence-corrected chi connectivity index (χ3v) is 3.99. The molecule has 1 saturated carbocycles. The van der Waals surface area contributed by atoms with Crippen LogP contribution in [-0.2, 0) is 4.79 Å². The summed E-state index contributed by atoms with van der Waals surface area (Å²) in [5.74, 6) is -0.667. The third kappa shape index (κ3) is 5.28. The van der Waals surface area contributed by atoms with Crippen molar-refractivity contribution < 1.29 is 23.1 Å². The largest absolute Gasteiger partial charge is 0.481 e. The highest BCUT2D eigenvalue weighted by molar-refractivity contribution is 5.66. The monoisotopic (exact) mass is 294 g/mol. The molecule has 1 saturated heterocycles. The number of likely N-dealkylation sites (tertiary alicyclic amines) is 1. The number of carboxylic acids is 1. The summed E-state index contributed by atoms with van der Waals surface area (Å²) in [7, 11) is 0. The first kappa shape index (κ1) is 15.6. The van der Waals surface area contributed by atoms with Gasteiger partial charge in [0.1, 0.15) is 0 Å². The van der Waals surface area contributed by atoms with E-state index in [1.165, 1.54) is 0 Å². The number of nitrogens with zero attached hydrogens (tertiary/aromatic N) is 1. The number of hydrogen-bond acceptors (Lipinski definition) is 3. The summed E-state index contributed by atoms with van der Waals surface area (Å²) in [4.78, 5) is 12.9. The lowest BCUT2D eigenvalue weighted by Crippen LogP contribution is -2.51. The van der Waals surface area contributed by atoms with Gasteiger partial charge in [-0.2, -0.15) is 13.2 Å². The molecule has 2 aliphatic rings. The Balaban J connectivity index is 1.85. The van der Waals surface area contributed by atoms with Gasteiger partial charge in [-0.05, 0) is 31.6 Å². The average molecular weight is 294 g/mol. The van der Waals surface area contributed by atoms with Crippen LogP contribution in [-0.4, -0.2) is 53.9 Å². The molecule has 116 valence electrons. The van der Waals surface area contributed by atoms with Crippen molar-refractivity contribution in [1.82, 2.24) is 10.2 Å². The van der Waals surface area contributed by atoms with E-state index in [1.807, 2.05) is 0 Å². The Bertz CT molecular complexity index is 345. The Morgan fingerprint density at radius 2 is 2.00 bits per heavy atom. The van der Waals surface area contributed by atoms with Gasteiger partial charge in [-0.1, -0.05) is 0 Å². The van der Waals surface area contributed by atoms with Gasteiger partial charge >= 0.3 is 12.1 Å². The van der Waals surface area contributed by atoms with E-state index in [-0.39, 0.29) is 18.4 Å². The van der Waals surface area contributed by atoms with Gasteiger partial charge in [0, 0.05) is 31.6 Å². The van der Waals surface area contributed by atoms with Gasteiger partial charge in [-0.25, -0.2) is 0 Å². The van der Waals surface area contributed by atoms with Gasteiger partial charge < -0.3 is 10.4 Å². The van der Waals surface area contributed by atoms with E-state index in [9.17, 15) is 18.0 Å². The molecule has 1 aliphatic carbocycles. The number of halogens is 3. The predicted molar refractivity (Wildman–Crippen MR) is 67.4 cm³/mol. The van der Waals surface area contributed by atoms with Crippen LogP contribution in [0.2, 0.25) is 0 Å². The fraction of sp³-hybridized carbons (Fsp3) is 0.923. The minimum Gasteiger partial charge on any atom is -0.481 e. The molecule has 0 amide bonds. The quantitative estimate of drug-likeness (QED) is 0.785. The van der Waals surface area contributed by atoms with E-state index < -0.39 is 18.7 Å². The molecule has 0 bridgehead atoms. The highest BCUT2D eigenvalue weighted by atomic mass is 19.4. The molecule has 0 aromatic carbocycles. The molecular weight excluding hydrogens is 273 g/mol. The maximum Gasteiger partial charge on any atom is 0.401 e. The van der Waals surface area contributed by atoms with Crippen LogP contribution in [0.4, 0.5) is 13.2 Å².